The van der Waals surface area contributed by atoms with Crippen molar-refractivity contribution in [3.05, 3.63) is 97.2 Å². The Kier molecular flexibility index (Phi) is 27.5. The minimum Gasteiger partial charge on any atom is -0.461 e. The highest BCUT2D eigenvalue weighted by atomic mass is 31.2. The molecular formula is C34H51O10P. The fourth-order valence-corrected chi connectivity index (χ4v) is 3.87. The van der Waals surface area contributed by atoms with E-state index in [0.717, 1.165) is 19.3 Å². The zero-order chi connectivity index (χ0) is 33.4. The first kappa shape index (κ1) is 41.9. The van der Waals surface area contributed by atoms with Gasteiger partial charge >= 0.3 is 19.8 Å². The van der Waals surface area contributed by atoms with Crippen LogP contribution >= 0.6 is 7.82 Å². The lowest BCUT2D eigenvalue weighted by atomic mass is 10.2. The van der Waals surface area contributed by atoms with Gasteiger partial charge in [-0.2, -0.15) is 0 Å². The molecule has 0 aromatic carbocycles. The van der Waals surface area contributed by atoms with Crippen molar-refractivity contribution in [1.82, 2.24) is 0 Å². The molecule has 252 valence electrons. The third-order valence-electron chi connectivity index (χ3n) is 5.39. The van der Waals surface area contributed by atoms with Crippen molar-refractivity contribution < 1.29 is 47.8 Å². The summed E-state index contributed by atoms with van der Waals surface area (Å²) < 4.78 is 32.1. The first-order valence-corrected chi connectivity index (χ1v) is 16.8. The van der Waals surface area contributed by atoms with Crippen LogP contribution in [0.2, 0.25) is 0 Å². The lowest BCUT2D eigenvalue weighted by Crippen LogP contribution is -2.29. The molecule has 0 aliphatic rings. The molecule has 3 atom stereocenters. The average molecular weight is 651 g/mol. The molecular weight excluding hydrogens is 599 g/mol. The summed E-state index contributed by atoms with van der Waals surface area (Å²) in [7, 11) is -4.64. The largest absolute Gasteiger partial charge is 0.472 e. The molecule has 45 heavy (non-hydrogen) atoms. The van der Waals surface area contributed by atoms with E-state index in [-0.39, 0.29) is 12.8 Å². The maximum atomic E-state index is 12.4. The highest BCUT2D eigenvalue weighted by molar-refractivity contribution is 7.47. The molecule has 0 spiro atoms. The highest BCUT2D eigenvalue weighted by Crippen LogP contribution is 2.43. The number of allylic oxidation sites excluding steroid dienone is 15. The monoisotopic (exact) mass is 650 g/mol. The quantitative estimate of drug-likeness (QED) is 0.0310. The van der Waals surface area contributed by atoms with Crippen LogP contribution in [0.15, 0.2) is 97.2 Å². The third kappa shape index (κ3) is 29.4. The number of unbranched alkanes of at least 4 members (excludes halogenated alkanes) is 1. The van der Waals surface area contributed by atoms with Gasteiger partial charge in [0.2, 0.25) is 0 Å². The van der Waals surface area contributed by atoms with Crippen LogP contribution < -0.4 is 0 Å². The lowest BCUT2D eigenvalue weighted by Gasteiger charge is -2.20. The lowest BCUT2D eigenvalue weighted by molar-refractivity contribution is -0.160. The van der Waals surface area contributed by atoms with E-state index in [2.05, 4.69) is 36.6 Å². The maximum absolute atomic E-state index is 12.4. The van der Waals surface area contributed by atoms with Gasteiger partial charge in [-0.05, 0) is 38.5 Å². The fraction of sp³-hybridized carbons (Fsp3) is 0.471. The summed E-state index contributed by atoms with van der Waals surface area (Å²) in [5.74, 6) is -1.17. The van der Waals surface area contributed by atoms with Crippen LogP contribution in [0.4, 0.5) is 0 Å². The second-order valence-corrected chi connectivity index (χ2v) is 11.0. The molecule has 10 nitrogen and oxygen atoms in total. The van der Waals surface area contributed by atoms with Gasteiger partial charge in [-0.25, -0.2) is 4.57 Å². The van der Waals surface area contributed by atoms with Crippen molar-refractivity contribution in [2.75, 3.05) is 26.4 Å². The number of carbonyl (C=O) groups is 2. The first-order valence-electron chi connectivity index (χ1n) is 15.3. The average Bonchev–Trinajstić information content (AvgIpc) is 3.02. The molecule has 0 bridgehead atoms. The standard InChI is InChI=1S/C34H51O10P/c1-3-5-7-9-11-13-14-15-16-18-20-22-24-26-34(38)44-32(30-43-45(39,40)42-28-31(36)27-35)29-41-33(37)25-23-21-19-17-12-10-8-6-4-2/h5-9,11-18,20-21,23,31-32,35-36H,3-4,10,19,22,24-30H2,1-2H3,(H,39,40)/b7-5+,8-6+,11-9+,14-13+,16-15+,17-12+,20-18+,23-21+/t31-,32?/m0/s1. The first-order chi connectivity index (χ1) is 21.7. The Labute approximate surface area is 268 Å². The van der Waals surface area contributed by atoms with Crippen LogP contribution in [0.5, 0.6) is 0 Å². The van der Waals surface area contributed by atoms with E-state index >= 15 is 0 Å². The predicted octanol–water partition coefficient (Wildman–Crippen LogP) is 6.54. The predicted molar refractivity (Wildman–Crippen MR) is 177 cm³/mol. The summed E-state index contributed by atoms with van der Waals surface area (Å²) in [4.78, 5) is 34.4. The number of rotatable bonds is 26. The number of ether oxygens (including phenoxy) is 2. The topological polar surface area (TPSA) is 149 Å². The molecule has 3 N–H and O–H groups in total. The normalized spacial score (nSPS) is 15.6. The number of phosphoric ester groups is 1. The third-order valence-corrected chi connectivity index (χ3v) is 6.35. The van der Waals surface area contributed by atoms with Gasteiger partial charge in [-0.15, -0.1) is 0 Å². The van der Waals surface area contributed by atoms with Crippen LogP contribution in [-0.2, 0) is 32.7 Å². The Bertz CT molecular complexity index is 1070. The summed E-state index contributed by atoms with van der Waals surface area (Å²) in [6.07, 6.45) is 33.1. The maximum Gasteiger partial charge on any atom is 0.472 e. The highest BCUT2D eigenvalue weighted by Gasteiger charge is 2.27. The van der Waals surface area contributed by atoms with Crippen LogP contribution in [0.25, 0.3) is 0 Å². The molecule has 0 saturated carbocycles. The van der Waals surface area contributed by atoms with Gasteiger partial charge in [0.05, 0.1) is 26.2 Å². The van der Waals surface area contributed by atoms with Crippen LogP contribution in [0.1, 0.15) is 65.2 Å². The molecule has 0 aromatic rings. The van der Waals surface area contributed by atoms with Crippen molar-refractivity contribution in [3.8, 4) is 0 Å². The smallest absolute Gasteiger partial charge is 0.461 e. The van der Waals surface area contributed by atoms with Crippen molar-refractivity contribution >= 4 is 19.8 Å². The molecule has 0 amide bonds. The molecule has 0 saturated heterocycles. The van der Waals surface area contributed by atoms with E-state index < -0.39 is 58.4 Å². The number of aliphatic hydroxyl groups excluding tert-OH is 2. The van der Waals surface area contributed by atoms with Gasteiger partial charge in [0.15, 0.2) is 6.10 Å². The number of hydrogen-bond donors (Lipinski definition) is 3. The molecule has 2 unspecified atom stereocenters. The number of hydrogen-bond acceptors (Lipinski definition) is 9. The Hall–Kier alpha value is -3.11. The summed E-state index contributed by atoms with van der Waals surface area (Å²) >= 11 is 0. The number of carbonyl (C=O) groups excluding carboxylic acids is 2. The van der Waals surface area contributed by atoms with Gasteiger partial charge in [-0.1, -0.05) is 111 Å². The van der Waals surface area contributed by atoms with E-state index in [1.807, 2.05) is 72.9 Å². The molecule has 0 aliphatic carbocycles. The number of aliphatic hydroxyl groups is 2. The van der Waals surface area contributed by atoms with Crippen LogP contribution in [-0.4, -0.2) is 65.7 Å². The molecule has 0 radical (unpaired) electrons. The van der Waals surface area contributed by atoms with E-state index in [4.69, 9.17) is 19.1 Å². The van der Waals surface area contributed by atoms with E-state index in [9.17, 15) is 24.2 Å². The van der Waals surface area contributed by atoms with Crippen molar-refractivity contribution in [3.63, 3.8) is 0 Å². The summed E-state index contributed by atoms with van der Waals surface area (Å²) in [6, 6.07) is 0. The van der Waals surface area contributed by atoms with Crippen LogP contribution in [0.3, 0.4) is 0 Å². The van der Waals surface area contributed by atoms with Crippen LogP contribution in [0, 0.1) is 0 Å². The molecule has 0 rings (SSSR count). The second kappa shape index (κ2) is 29.6. The summed E-state index contributed by atoms with van der Waals surface area (Å²) in [5, 5.41) is 18.2. The van der Waals surface area contributed by atoms with Gasteiger partial charge < -0.3 is 24.6 Å². The minimum absolute atomic E-state index is 0.00463. The van der Waals surface area contributed by atoms with Gasteiger partial charge in [0.25, 0.3) is 0 Å². The Morgan fingerprint density at radius 1 is 0.711 bits per heavy atom. The Morgan fingerprint density at radius 2 is 1.27 bits per heavy atom. The molecule has 0 heterocycles. The zero-order valence-electron chi connectivity index (χ0n) is 26.5. The molecule has 11 heteroatoms. The summed E-state index contributed by atoms with van der Waals surface area (Å²) in [5.41, 5.74) is 0. The van der Waals surface area contributed by atoms with Gasteiger partial charge in [0, 0.05) is 6.42 Å². The van der Waals surface area contributed by atoms with Crippen molar-refractivity contribution in [2.45, 2.75) is 77.4 Å². The van der Waals surface area contributed by atoms with E-state index in [0.29, 0.717) is 19.3 Å². The molecule has 0 aliphatic heterocycles. The van der Waals surface area contributed by atoms with Gasteiger partial charge in [0.1, 0.15) is 12.7 Å². The fourth-order valence-electron chi connectivity index (χ4n) is 3.08. The number of phosphoric acid groups is 1. The Morgan fingerprint density at radius 3 is 1.89 bits per heavy atom. The van der Waals surface area contributed by atoms with Gasteiger partial charge in [-0.3, -0.25) is 18.6 Å². The van der Waals surface area contributed by atoms with Crippen molar-refractivity contribution in [2.24, 2.45) is 0 Å². The van der Waals surface area contributed by atoms with E-state index in [1.165, 1.54) is 0 Å². The molecule has 0 aromatic heterocycles. The number of esters is 2. The van der Waals surface area contributed by atoms with Crippen molar-refractivity contribution in [1.29, 1.82) is 0 Å². The summed E-state index contributed by atoms with van der Waals surface area (Å²) in [6.45, 7) is 1.83. The second-order valence-electron chi connectivity index (χ2n) is 9.50. The van der Waals surface area contributed by atoms with E-state index in [1.54, 1.807) is 6.08 Å². The molecule has 0 fully saturated rings. The minimum atomic E-state index is -4.64. The SMILES string of the molecule is CC/C=C/C=C/C=C/C=C/C=C/CCCC(=O)OC(COC(=O)C/C=C/C/C=C/C/C=C/CC)COP(=O)(O)OC[C@@H](O)CO. The Balaban J connectivity index is 4.77. The zero-order valence-corrected chi connectivity index (χ0v) is 27.4.